The Labute approximate surface area is 101 Å². The van der Waals surface area contributed by atoms with Crippen LogP contribution in [0.4, 0.5) is 0 Å². The largest absolute Gasteiger partial charge is 0.323 e. The van der Waals surface area contributed by atoms with Gasteiger partial charge in [-0.1, -0.05) is 19.1 Å². The topological polar surface area (TPSA) is 71.0 Å². The van der Waals surface area contributed by atoms with E-state index in [2.05, 4.69) is 36.0 Å². The quantitative estimate of drug-likeness (QED) is 0.442. The fourth-order valence-electron chi connectivity index (χ4n) is 1.54. The third-order valence-electron chi connectivity index (χ3n) is 2.61. The molecule has 5 nitrogen and oxygen atoms in total. The highest BCUT2D eigenvalue weighted by Crippen LogP contribution is 2.19. The van der Waals surface area contributed by atoms with Crippen LogP contribution in [0.3, 0.4) is 0 Å². The van der Waals surface area contributed by atoms with E-state index in [-0.39, 0.29) is 18.0 Å². The van der Waals surface area contributed by atoms with Crippen LogP contribution in [0, 0.1) is 5.92 Å². The molecule has 0 aromatic carbocycles. The van der Waals surface area contributed by atoms with Gasteiger partial charge in [0.25, 0.3) is 0 Å². The van der Waals surface area contributed by atoms with E-state index in [4.69, 9.17) is 5.84 Å². The number of ketones is 1. The van der Waals surface area contributed by atoms with Gasteiger partial charge in [0.15, 0.2) is 5.78 Å². The van der Waals surface area contributed by atoms with Crippen LogP contribution in [0.2, 0.25) is 0 Å². The zero-order chi connectivity index (χ0) is 12.8. The van der Waals surface area contributed by atoms with Crippen LogP contribution < -0.4 is 5.84 Å². The second-order valence-corrected chi connectivity index (χ2v) is 4.04. The average Bonchev–Trinajstić information content (AvgIpc) is 2.34. The van der Waals surface area contributed by atoms with Crippen LogP contribution in [0.15, 0.2) is 34.1 Å². The van der Waals surface area contributed by atoms with E-state index in [1.54, 1.807) is 11.9 Å². The second kappa shape index (κ2) is 5.98. The Hall–Kier alpha value is -1.91. The van der Waals surface area contributed by atoms with Gasteiger partial charge in [-0.2, -0.15) is 10.2 Å². The molecule has 0 spiro atoms. The van der Waals surface area contributed by atoms with Crippen LogP contribution in [-0.4, -0.2) is 29.8 Å². The lowest BCUT2D eigenvalue weighted by Gasteiger charge is -2.22. The van der Waals surface area contributed by atoms with Gasteiger partial charge in [-0.15, -0.1) is 0 Å². The molecular formula is C12H18N4O. The van der Waals surface area contributed by atoms with Gasteiger partial charge in [-0.25, -0.2) is 0 Å². The van der Waals surface area contributed by atoms with E-state index in [1.165, 1.54) is 0 Å². The Morgan fingerprint density at radius 3 is 2.94 bits per heavy atom. The maximum Gasteiger partial charge on any atom is 0.199 e. The number of nitrogens with zero attached hydrogens (tertiary/aromatic N) is 3. The monoisotopic (exact) mass is 234 g/mol. The van der Waals surface area contributed by atoms with Gasteiger partial charge in [-0.05, 0) is 25.3 Å². The highest BCUT2D eigenvalue weighted by atomic mass is 16.1. The zero-order valence-electron chi connectivity index (χ0n) is 10.3. The Morgan fingerprint density at radius 1 is 1.71 bits per heavy atom. The lowest BCUT2D eigenvalue weighted by Crippen LogP contribution is -2.29. The van der Waals surface area contributed by atoms with E-state index < -0.39 is 0 Å². The zero-order valence-corrected chi connectivity index (χ0v) is 10.3. The molecule has 0 fully saturated rings. The summed E-state index contributed by atoms with van der Waals surface area (Å²) in [5.74, 6) is 5.35. The molecule has 0 radical (unpaired) electrons. The molecule has 2 N–H and O–H groups in total. The first-order valence-electron chi connectivity index (χ1n) is 5.48. The first kappa shape index (κ1) is 13.2. The number of rotatable bonds is 5. The van der Waals surface area contributed by atoms with Crippen LogP contribution in [0.25, 0.3) is 0 Å². The number of hydrazone groups is 2. The molecule has 1 rings (SSSR count). The number of carbonyl (C=O) groups excluding carboxylic acids is 1. The highest BCUT2D eigenvalue weighted by Gasteiger charge is 2.15. The summed E-state index contributed by atoms with van der Waals surface area (Å²) in [4.78, 5) is 11.7. The standard InChI is InChI=1S/C12H18N4O/c1-9-5-4-6-11(7-9)16(14-3)8-12(17)10(2)15-13/h4,6-7,9H,3,5,8,13H2,1-2H3. The molecule has 0 aliphatic heterocycles. The van der Waals surface area contributed by atoms with Gasteiger partial charge in [0.2, 0.25) is 0 Å². The third kappa shape index (κ3) is 3.55. The Bertz CT molecular complexity index is 395. The van der Waals surface area contributed by atoms with Crippen LogP contribution in [0.5, 0.6) is 0 Å². The maximum absolute atomic E-state index is 11.7. The van der Waals surface area contributed by atoms with Gasteiger partial charge in [-0.3, -0.25) is 9.80 Å². The summed E-state index contributed by atoms with van der Waals surface area (Å²) < 4.78 is 0. The van der Waals surface area contributed by atoms with Gasteiger partial charge >= 0.3 is 0 Å². The minimum absolute atomic E-state index is 0.110. The van der Waals surface area contributed by atoms with Crippen molar-refractivity contribution in [3.63, 3.8) is 0 Å². The van der Waals surface area contributed by atoms with Crippen LogP contribution >= 0.6 is 0 Å². The molecule has 1 atom stereocenters. The molecule has 0 saturated carbocycles. The van der Waals surface area contributed by atoms with E-state index in [0.29, 0.717) is 5.92 Å². The van der Waals surface area contributed by atoms with E-state index in [1.807, 2.05) is 6.08 Å². The van der Waals surface area contributed by atoms with Crippen molar-refractivity contribution in [3.8, 4) is 0 Å². The number of Topliss-reactive ketones (excluding diaryl/α,β-unsaturated/α-hetero) is 1. The van der Waals surface area contributed by atoms with E-state index in [9.17, 15) is 4.79 Å². The van der Waals surface area contributed by atoms with Crippen molar-refractivity contribution < 1.29 is 4.79 Å². The molecule has 1 aliphatic carbocycles. The van der Waals surface area contributed by atoms with Gasteiger partial charge in [0, 0.05) is 6.72 Å². The first-order valence-corrected chi connectivity index (χ1v) is 5.48. The van der Waals surface area contributed by atoms with Crippen molar-refractivity contribution in [1.29, 1.82) is 0 Å². The van der Waals surface area contributed by atoms with Crippen molar-refractivity contribution in [2.75, 3.05) is 6.54 Å². The fourth-order valence-corrected chi connectivity index (χ4v) is 1.54. The number of carbonyl (C=O) groups is 1. The normalized spacial score (nSPS) is 19.8. The van der Waals surface area contributed by atoms with Crippen molar-refractivity contribution in [3.05, 3.63) is 23.9 Å². The molecule has 1 aliphatic rings. The van der Waals surface area contributed by atoms with Crippen LogP contribution in [0.1, 0.15) is 20.3 Å². The predicted octanol–water partition coefficient (Wildman–Crippen LogP) is 1.29. The maximum atomic E-state index is 11.7. The summed E-state index contributed by atoms with van der Waals surface area (Å²) in [6.07, 6.45) is 7.08. The summed E-state index contributed by atoms with van der Waals surface area (Å²) in [5, 5.41) is 8.79. The number of hydrogen-bond donors (Lipinski definition) is 1. The second-order valence-electron chi connectivity index (χ2n) is 4.04. The molecular weight excluding hydrogens is 216 g/mol. The molecule has 0 amide bonds. The smallest absolute Gasteiger partial charge is 0.199 e. The minimum Gasteiger partial charge on any atom is -0.323 e. The highest BCUT2D eigenvalue weighted by molar-refractivity contribution is 6.39. The lowest BCUT2D eigenvalue weighted by atomic mass is 10.0. The Morgan fingerprint density at radius 2 is 2.41 bits per heavy atom. The summed E-state index contributed by atoms with van der Waals surface area (Å²) in [5.41, 5.74) is 1.17. The van der Waals surface area contributed by atoms with E-state index >= 15 is 0 Å². The van der Waals surface area contributed by atoms with Gasteiger partial charge < -0.3 is 5.84 Å². The Kier molecular flexibility index (Phi) is 4.63. The average molecular weight is 234 g/mol. The molecule has 5 heteroatoms. The summed E-state index contributed by atoms with van der Waals surface area (Å²) in [7, 11) is 0. The molecule has 0 bridgehead atoms. The number of nitrogens with two attached hydrogens (primary N) is 1. The summed E-state index contributed by atoms with van der Waals surface area (Å²) in [6.45, 7) is 7.28. The van der Waals surface area contributed by atoms with Crippen molar-refractivity contribution in [2.24, 2.45) is 22.0 Å². The first-order chi connectivity index (χ1) is 8.08. The number of hydrogen-bond acceptors (Lipinski definition) is 5. The van der Waals surface area contributed by atoms with Gasteiger partial charge in [0.05, 0.1) is 5.70 Å². The lowest BCUT2D eigenvalue weighted by molar-refractivity contribution is -0.113. The molecule has 17 heavy (non-hydrogen) atoms. The van der Waals surface area contributed by atoms with Gasteiger partial charge in [0.1, 0.15) is 12.3 Å². The molecule has 0 aromatic heterocycles. The molecule has 1 unspecified atom stereocenters. The fraction of sp³-hybridized carbons (Fsp3) is 0.417. The molecule has 0 aromatic rings. The third-order valence-corrected chi connectivity index (χ3v) is 2.61. The summed E-state index contributed by atoms with van der Waals surface area (Å²) >= 11 is 0. The molecule has 0 saturated heterocycles. The van der Waals surface area contributed by atoms with Crippen molar-refractivity contribution >= 4 is 18.2 Å². The van der Waals surface area contributed by atoms with Crippen LogP contribution in [-0.2, 0) is 4.79 Å². The van der Waals surface area contributed by atoms with Crippen molar-refractivity contribution in [2.45, 2.75) is 20.3 Å². The Balaban J connectivity index is 2.76. The molecule has 0 heterocycles. The number of allylic oxidation sites excluding steroid dienone is 3. The van der Waals surface area contributed by atoms with E-state index in [0.717, 1.165) is 12.1 Å². The van der Waals surface area contributed by atoms with Crippen molar-refractivity contribution in [1.82, 2.24) is 5.01 Å². The summed E-state index contributed by atoms with van der Waals surface area (Å²) in [6, 6.07) is 0. The molecule has 92 valence electrons. The minimum atomic E-state index is -0.160. The predicted molar refractivity (Wildman–Crippen MR) is 69.6 cm³/mol. The SMILES string of the molecule is C=NN(CC(=O)C(C)=NN)C1=CC(C)CC=C1.